The number of nitrogens with zero attached hydrogens (tertiary/aromatic N) is 2. The minimum absolute atomic E-state index is 0.0820. The fourth-order valence-corrected chi connectivity index (χ4v) is 4.46. The van der Waals surface area contributed by atoms with Crippen LogP contribution < -0.4 is 0 Å². The van der Waals surface area contributed by atoms with Crippen LogP contribution in [0.1, 0.15) is 26.2 Å². The Labute approximate surface area is 126 Å². The molecule has 1 fully saturated rings. The third-order valence-corrected chi connectivity index (χ3v) is 5.91. The van der Waals surface area contributed by atoms with E-state index in [4.69, 9.17) is 11.6 Å². The van der Waals surface area contributed by atoms with Crippen molar-refractivity contribution in [3.8, 4) is 0 Å². The smallest absolute Gasteiger partial charge is 0.244 e. The molecule has 0 amide bonds. The largest absolute Gasteiger partial charge is 0.287 e. The molecule has 0 spiro atoms. The molecule has 112 valence electrons. The van der Waals surface area contributed by atoms with Crippen molar-refractivity contribution in [1.82, 2.24) is 9.21 Å². The maximum Gasteiger partial charge on any atom is 0.244 e. The summed E-state index contributed by atoms with van der Waals surface area (Å²) in [4.78, 5) is 2.49. The van der Waals surface area contributed by atoms with Crippen LogP contribution in [0.25, 0.3) is 0 Å². The highest BCUT2D eigenvalue weighted by Gasteiger charge is 2.32. The van der Waals surface area contributed by atoms with E-state index in [1.54, 1.807) is 25.2 Å². The molecule has 0 radical (unpaired) electrons. The van der Waals surface area contributed by atoms with Crippen LogP contribution in [0.2, 0.25) is 5.02 Å². The topological polar surface area (TPSA) is 40.6 Å². The van der Waals surface area contributed by atoms with Crippen molar-refractivity contribution in [2.75, 3.05) is 20.1 Å². The lowest BCUT2D eigenvalue weighted by Gasteiger charge is -2.33. The maximum absolute atomic E-state index is 12.7. The molecule has 1 unspecified atom stereocenters. The van der Waals surface area contributed by atoms with Gasteiger partial charge in [0.05, 0.1) is 11.1 Å². The first-order chi connectivity index (χ1) is 9.46. The Morgan fingerprint density at radius 1 is 1.35 bits per heavy atom. The minimum atomic E-state index is -3.50. The van der Waals surface area contributed by atoms with E-state index in [1.165, 1.54) is 10.4 Å². The number of hydrogen-bond acceptors (Lipinski definition) is 3. The van der Waals surface area contributed by atoms with Crippen LogP contribution in [0.4, 0.5) is 0 Å². The van der Waals surface area contributed by atoms with E-state index in [0.29, 0.717) is 5.02 Å². The van der Waals surface area contributed by atoms with Crippen LogP contribution in [0.3, 0.4) is 0 Å². The summed E-state index contributed by atoms with van der Waals surface area (Å²) in [5.41, 5.74) is 0. The summed E-state index contributed by atoms with van der Waals surface area (Å²) >= 11 is 5.90. The summed E-state index contributed by atoms with van der Waals surface area (Å²) < 4.78 is 26.8. The Balaban J connectivity index is 2.27. The Bertz CT molecular complexity index is 556. The van der Waals surface area contributed by atoms with Crippen LogP contribution in [-0.2, 0) is 10.0 Å². The van der Waals surface area contributed by atoms with E-state index in [1.807, 2.05) is 6.92 Å². The summed E-state index contributed by atoms with van der Waals surface area (Å²) in [6.07, 6.45) is 2.97. The van der Waals surface area contributed by atoms with Crippen LogP contribution in [0.5, 0.6) is 0 Å². The Morgan fingerprint density at radius 3 is 2.55 bits per heavy atom. The van der Waals surface area contributed by atoms with Crippen molar-refractivity contribution in [2.24, 2.45) is 0 Å². The Morgan fingerprint density at radius 2 is 2.00 bits per heavy atom. The highest BCUT2D eigenvalue weighted by molar-refractivity contribution is 7.89. The van der Waals surface area contributed by atoms with Gasteiger partial charge in [0.1, 0.15) is 0 Å². The molecule has 4 nitrogen and oxygen atoms in total. The highest BCUT2D eigenvalue weighted by Crippen LogP contribution is 2.24. The van der Waals surface area contributed by atoms with Gasteiger partial charge in [-0.2, -0.15) is 4.31 Å². The second-order valence-corrected chi connectivity index (χ2v) is 7.54. The van der Waals surface area contributed by atoms with E-state index < -0.39 is 10.0 Å². The van der Waals surface area contributed by atoms with Gasteiger partial charge >= 0.3 is 0 Å². The first-order valence-electron chi connectivity index (χ1n) is 6.94. The lowest BCUT2D eigenvalue weighted by atomic mass is 10.3. The van der Waals surface area contributed by atoms with Gasteiger partial charge in [-0.3, -0.25) is 4.90 Å². The zero-order valence-electron chi connectivity index (χ0n) is 11.9. The summed E-state index contributed by atoms with van der Waals surface area (Å²) in [6.45, 7) is 3.95. The number of hydrogen-bond donors (Lipinski definition) is 0. The zero-order valence-corrected chi connectivity index (χ0v) is 13.5. The fraction of sp³-hybridized carbons (Fsp3) is 0.571. The minimum Gasteiger partial charge on any atom is -0.287 e. The molecule has 1 saturated heterocycles. The predicted molar refractivity (Wildman–Crippen MR) is 81.3 cm³/mol. The average molecular weight is 317 g/mol. The van der Waals surface area contributed by atoms with Gasteiger partial charge in [0.25, 0.3) is 0 Å². The van der Waals surface area contributed by atoms with Gasteiger partial charge in [-0.25, -0.2) is 8.42 Å². The third-order valence-electron chi connectivity index (χ3n) is 3.82. The monoisotopic (exact) mass is 316 g/mol. The molecule has 20 heavy (non-hydrogen) atoms. The number of benzene rings is 1. The van der Waals surface area contributed by atoms with Gasteiger partial charge in [0.2, 0.25) is 10.0 Å². The molecule has 1 atom stereocenters. The Kier molecular flexibility index (Phi) is 5.07. The average Bonchev–Trinajstić information content (AvgIpc) is 2.93. The van der Waals surface area contributed by atoms with Crippen molar-refractivity contribution in [1.29, 1.82) is 0 Å². The molecule has 1 aliphatic rings. The molecule has 1 aliphatic heterocycles. The first kappa shape index (κ1) is 15.8. The molecule has 0 saturated carbocycles. The lowest BCUT2D eigenvalue weighted by Crippen LogP contribution is -2.47. The van der Waals surface area contributed by atoms with Gasteiger partial charge < -0.3 is 0 Å². The summed E-state index contributed by atoms with van der Waals surface area (Å²) in [6, 6.07) is 6.44. The van der Waals surface area contributed by atoms with Gasteiger partial charge in [-0.15, -0.1) is 0 Å². The predicted octanol–water partition coefficient (Wildman–Crippen LogP) is 2.79. The SMILES string of the molecule is CCC(N1CCCC1)N(C)S(=O)(=O)c1cccc(Cl)c1. The van der Waals surface area contributed by atoms with Crippen molar-refractivity contribution >= 4 is 21.6 Å². The quantitative estimate of drug-likeness (QED) is 0.838. The molecule has 0 bridgehead atoms. The molecule has 0 N–H and O–H groups in total. The number of rotatable bonds is 5. The molecule has 2 rings (SSSR count). The van der Waals surface area contributed by atoms with Crippen LogP contribution >= 0.6 is 11.6 Å². The first-order valence-corrected chi connectivity index (χ1v) is 8.76. The third kappa shape index (κ3) is 3.17. The molecule has 6 heteroatoms. The van der Waals surface area contributed by atoms with Crippen LogP contribution in [0.15, 0.2) is 29.2 Å². The number of likely N-dealkylation sites (tertiary alicyclic amines) is 1. The van der Waals surface area contributed by atoms with E-state index in [0.717, 1.165) is 32.4 Å². The van der Waals surface area contributed by atoms with Crippen molar-refractivity contribution < 1.29 is 8.42 Å². The van der Waals surface area contributed by atoms with Crippen molar-refractivity contribution in [2.45, 2.75) is 37.2 Å². The summed E-state index contributed by atoms with van der Waals surface area (Å²) in [5.74, 6) is 0. The van der Waals surface area contributed by atoms with Gasteiger partial charge in [-0.1, -0.05) is 24.6 Å². The van der Waals surface area contributed by atoms with E-state index in [9.17, 15) is 8.42 Å². The molecular formula is C14H21ClN2O2S. The molecule has 1 aromatic rings. The number of sulfonamides is 1. The molecular weight excluding hydrogens is 296 g/mol. The normalized spacial score (nSPS) is 18.6. The van der Waals surface area contributed by atoms with Gasteiger partial charge in [0.15, 0.2) is 0 Å². The fourth-order valence-electron chi connectivity index (χ4n) is 2.74. The lowest BCUT2D eigenvalue weighted by molar-refractivity contribution is 0.138. The second-order valence-electron chi connectivity index (χ2n) is 5.11. The zero-order chi connectivity index (χ0) is 14.8. The van der Waals surface area contributed by atoms with Gasteiger partial charge in [0, 0.05) is 12.1 Å². The standard InChI is InChI=1S/C14H21ClN2O2S/c1-3-14(17-9-4-5-10-17)16(2)20(18,19)13-8-6-7-12(15)11-13/h6-8,11,14H,3-5,9-10H2,1-2H3. The van der Waals surface area contributed by atoms with E-state index >= 15 is 0 Å². The van der Waals surface area contributed by atoms with Crippen molar-refractivity contribution in [3.63, 3.8) is 0 Å². The van der Waals surface area contributed by atoms with Crippen LogP contribution in [-0.4, -0.2) is 43.9 Å². The van der Waals surface area contributed by atoms with Gasteiger partial charge in [-0.05, 0) is 50.6 Å². The molecule has 0 aliphatic carbocycles. The maximum atomic E-state index is 12.7. The number of halogens is 1. The second kappa shape index (κ2) is 6.43. The molecule has 0 aromatic heterocycles. The van der Waals surface area contributed by atoms with E-state index in [2.05, 4.69) is 4.90 Å². The summed E-state index contributed by atoms with van der Waals surface area (Å²) in [7, 11) is -1.85. The van der Waals surface area contributed by atoms with E-state index in [-0.39, 0.29) is 11.1 Å². The Hall–Kier alpha value is -0.620. The van der Waals surface area contributed by atoms with Crippen molar-refractivity contribution in [3.05, 3.63) is 29.3 Å². The molecule has 1 aromatic carbocycles. The highest BCUT2D eigenvalue weighted by atomic mass is 35.5. The van der Waals surface area contributed by atoms with Crippen LogP contribution in [0, 0.1) is 0 Å². The summed E-state index contributed by atoms with van der Waals surface area (Å²) in [5, 5.41) is 0.439. The molecule has 1 heterocycles.